The van der Waals surface area contributed by atoms with Crippen molar-refractivity contribution in [3.05, 3.63) is 30.1 Å². The molecule has 1 aromatic rings. The number of carbonyl (C=O) groups is 1. The standard InChI is InChI=1S/C10H13FN2OS/c11-8-3-5-9(6-4-8)15-7-1-2-10(14)13-12/h3-6H,1-2,7,12H2,(H,13,14). The lowest BCUT2D eigenvalue weighted by Crippen LogP contribution is -2.29. The molecule has 0 saturated carbocycles. The highest BCUT2D eigenvalue weighted by Crippen LogP contribution is 2.19. The summed E-state index contributed by atoms with van der Waals surface area (Å²) in [4.78, 5) is 11.8. The van der Waals surface area contributed by atoms with Crippen LogP contribution in [0.1, 0.15) is 12.8 Å². The first-order valence-electron chi connectivity index (χ1n) is 4.60. The Balaban J connectivity index is 2.20. The summed E-state index contributed by atoms with van der Waals surface area (Å²) < 4.78 is 12.6. The van der Waals surface area contributed by atoms with Crippen LogP contribution >= 0.6 is 11.8 Å². The van der Waals surface area contributed by atoms with Crippen LogP contribution in [0.5, 0.6) is 0 Å². The molecule has 0 aliphatic heterocycles. The summed E-state index contributed by atoms with van der Waals surface area (Å²) in [7, 11) is 0. The second-order valence-corrected chi connectivity index (χ2v) is 4.14. The molecule has 0 spiro atoms. The first-order chi connectivity index (χ1) is 7.22. The quantitative estimate of drug-likeness (QED) is 0.265. The number of hydrazine groups is 1. The summed E-state index contributed by atoms with van der Waals surface area (Å²) in [6.45, 7) is 0. The fourth-order valence-electron chi connectivity index (χ4n) is 1.03. The molecular formula is C10H13FN2OS. The van der Waals surface area contributed by atoms with Gasteiger partial charge in [-0.15, -0.1) is 11.8 Å². The van der Waals surface area contributed by atoms with Crippen LogP contribution in [0, 0.1) is 5.82 Å². The van der Waals surface area contributed by atoms with Crippen molar-refractivity contribution < 1.29 is 9.18 Å². The zero-order chi connectivity index (χ0) is 11.1. The van der Waals surface area contributed by atoms with E-state index in [0.717, 1.165) is 17.1 Å². The SMILES string of the molecule is NNC(=O)CCCSc1ccc(F)cc1. The van der Waals surface area contributed by atoms with Gasteiger partial charge in [0.25, 0.3) is 0 Å². The van der Waals surface area contributed by atoms with E-state index in [1.165, 1.54) is 12.1 Å². The van der Waals surface area contributed by atoms with Crippen LogP contribution in [-0.2, 0) is 4.79 Å². The molecule has 3 nitrogen and oxygen atoms in total. The monoisotopic (exact) mass is 228 g/mol. The third-order valence-corrected chi connectivity index (χ3v) is 2.89. The lowest BCUT2D eigenvalue weighted by Gasteiger charge is -2.01. The van der Waals surface area contributed by atoms with Gasteiger partial charge < -0.3 is 0 Å². The largest absolute Gasteiger partial charge is 0.294 e. The van der Waals surface area contributed by atoms with Gasteiger partial charge in [-0.05, 0) is 36.4 Å². The number of rotatable bonds is 5. The fraction of sp³-hybridized carbons (Fsp3) is 0.300. The van der Waals surface area contributed by atoms with Crippen LogP contribution in [-0.4, -0.2) is 11.7 Å². The van der Waals surface area contributed by atoms with Gasteiger partial charge in [-0.2, -0.15) is 0 Å². The number of hydrogen-bond acceptors (Lipinski definition) is 3. The third kappa shape index (κ3) is 4.80. The Bertz CT molecular complexity index is 316. The summed E-state index contributed by atoms with van der Waals surface area (Å²) in [5, 5.41) is 0. The second kappa shape index (κ2) is 6.42. The minimum Gasteiger partial charge on any atom is -0.294 e. The van der Waals surface area contributed by atoms with Crippen LogP contribution in [0.2, 0.25) is 0 Å². The zero-order valence-corrected chi connectivity index (χ0v) is 9.02. The minimum atomic E-state index is -0.234. The number of nitrogens with two attached hydrogens (primary N) is 1. The van der Waals surface area contributed by atoms with E-state index in [-0.39, 0.29) is 11.7 Å². The Labute approximate surface area is 92.2 Å². The normalized spacial score (nSPS) is 10.0. The summed E-state index contributed by atoms with van der Waals surface area (Å²) in [6, 6.07) is 6.30. The number of amides is 1. The van der Waals surface area contributed by atoms with Crippen LogP contribution in [0.4, 0.5) is 4.39 Å². The summed E-state index contributed by atoms with van der Waals surface area (Å²) >= 11 is 1.59. The Morgan fingerprint density at radius 3 is 2.67 bits per heavy atom. The molecular weight excluding hydrogens is 215 g/mol. The predicted octanol–water partition coefficient (Wildman–Crippen LogP) is 1.69. The average Bonchev–Trinajstić information content (AvgIpc) is 2.26. The second-order valence-electron chi connectivity index (χ2n) is 2.97. The maximum absolute atomic E-state index is 12.6. The first kappa shape index (κ1) is 12.0. The highest BCUT2D eigenvalue weighted by Gasteiger charge is 1.99. The molecule has 82 valence electrons. The van der Waals surface area contributed by atoms with E-state index < -0.39 is 0 Å². The maximum Gasteiger partial charge on any atom is 0.233 e. The van der Waals surface area contributed by atoms with Crippen molar-refractivity contribution in [3.63, 3.8) is 0 Å². The molecule has 0 unspecified atom stereocenters. The highest BCUT2D eigenvalue weighted by atomic mass is 32.2. The van der Waals surface area contributed by atoms with Crippen molar-refractivity contribution in [1.82, 2.24) is 5.43 Å². The molecule has 0 aliphatic carbocycles. The van der Waals surface area contributed by atoms with Gasteiger partial charge in [0.2, 0.25) is 5.91 Å². The minimum absolute atomic E-state index is 0.158. The molecule has 0 atom stereocenters. The molecule has 1 rings (SSSR count). The van der Waals surface area contributed by atoms with Crippen LogP contribution in [0.15, 0.2) is 29.2 Å². The molecule has 1 amide bonds. The number of carbonyl (C=O) groups excluding carboxylic acids is 1. The van der Waals surface area contributed by atoms with E-state index in [9.17, 15) is 9.18 Å². The van der Waals surface area contributed by atoms with Crippen LogP contribution in [0.3, 0.4) is 0 Å². The van der Waals surface area contributed by atoms with Crippen molar-refractivity contribution >= 4 is 17.7 Å². The molecule has 0 fully saturated rings. The Kier molecular flexibility index (Phi) is 5.14. The number of thioether (sulfide) groups is 1. The van der Waals surface area contributed by atoms with Gasteiger partial charge >= 0.3 is 0 Å². The van der Waals surface area contributed by atoms with E-state index in [2.05, 4.69) is 5.43 Å². The van der Waals surface area contributed by atoms with Crippen molar-refractivity contribution in [2.24, 2.45) is 5.84 Å². The van der Waals surface area contributed by atoms with Gasteiger partial charge in [-0.3, -0.25) is 10.2 Å². The molecule has 3 N–H and O–H groups in total. The molecule has 0 radical (unpaired) electrons. The topological polar surface area (TPSA) is 55.1 Å². The van der Waals surface area contributed by atoms with Crippen LogP contribution < -0.4 is 11.3 Å². The molecule has 15 heavy (non-hydrogen) atoms. The van der Waals surface area contributed by atoms with E-state index in [1.54, 1.807) is 23.9 Å². The number of benzene rings is 1. The van der Waals surface area contributed by atoms with E-state index in [4.69, 9.17) is 5.84 Å². The number of hydrogen-bond donors (Lipinski definition) is 2. The summed E-state index contributed by atoms with van der Waals surface area (Å²) in [5.41, 5.74) is 2.07. The van der Waals surface area contributed by atoms with Gasteiger partial charge in [0.05, 0.1) is 0 Å². The molecule has 1 aromatic carbocycles. The smallest absolute Gasteiger partial charge is 0.233 e. The average molecular weight is 228 g/mol. The van der Waals surface area contributed by atoms with Gasteiger partial charge in [0.15, 0.2) is 0 Å². The number of nitrogens with one attached hydrogen (secondary N) is 1. The van der Waals surface area contributed by atoms with E-state index in [0.29, 0.717) is 6.42 Å². The van der Waals surface area contributed by atoms with E-state index in [1.807, 2.05) is 0 Å². The summed E-state index contributed by atoms with van der Waals surface area (Å²) in [5.74, 6) is 5.36. The summed E-state index contributed by atoms with van der Waals surface area (Å²) in [6.07, 6.45) is 1.18. The van der Waals surface area contributed by atoms with Gasteiger partial charge in [-0.1, -0.05) is 0 Å². The van der Waals surface area contributed by atoms with Crippen molar-refractivity contribution in [2.75, 3.05) is 5.75 Å². The Morgan fingerprint density at radius 1 is 1.40 bits per heavy atom. The Morgan fingerprint density at radius 2 is 2.07 bits per heavy atom. The fourth-order valence-corrected chi connectivity index (χ4v) is 1.88. The van der Waals surface area contributed by atoms with Crippen LogP contribution in [0.25, 0.3) is 0 Å². The van der Waals surface area contributed by atoms with E-state index >= 15 is 0 Å². The third-order valence-electron chi connectivity index (χ3n) is 1.79. The van der Waals surface area contributed by atoms with Gasteiger partial charge in [-0.25, -0.2) is 10.2 Å². The first-order valence-corrected chi connectivity index (χ1v) is 5.59. The molecule has 0 aliphatic rings. The van der Waals surface area contributed by atoms with Crippen molar-refractivity contribution in [2.45, 2.75) is 17.7 Å². The van der Waals surface area contributed by atoms with Gasteiger partial charge in [0, 0.05) is 11.3 Å². The molecule has 0 saturated heterocycles. The maximum atomic E-state index is 12.6. The van der Waals surface area contributed by atoms with Crippen molar-refractivity contribution in [1.29, 1.82) is 0 Å². The lowest BCUT2D eigenvalue weighted by atomic mass is 10.3. The Hall–Kier alpha value is -1.07. The zero-order valence-electron chi connectivity index (χ0n) is 8.20. The van der Waals surface area contributed by atoms with Gasteiger partial charge in [0.1, 0.15) is 5.82 Å². The highest BCUT2D eigenvalue weighted by molar-refractivity contribution is 7.99. The van der Waals surface area contributed by atoms with Crippen molar-refractivity contribution in [3.8, 4) is 0 Å². The molecule has 5 heteroatoms. The lowest BCUT2D eigenvalue weighted by molar-refractivity contribution is -0.121. The molecule has 0 heterocycles. The predicted molar refractivity (Wildman–Crippen MR) is 58.7 cm³/mol. The molecule has 0 bridgehead atoms. The molecule has 0 aromatic heterocycles. The number of halogens is 1.